The van der Waals surface area contributed by atoms with Crippen molar-refractivity contribution in [3.05, 3.63) is 46.9 Å². The van der Waals surface area contributed by atoms with Crippen LogP contribution in [0.1, 0.15) is 19.8 Å². The summed E-state index contributed by atoms with van der Waals surface area (Å²) in [5.41, 5.74) is -0.159. The standard InChI is InChI=1S/C19H22N2O4/c1-2-25-19(24)15-8-10-20(11-9-15)17(22)13-21-12-7-14-5-3-4-6-16(14)18(21)23/h3-7,12,15H,2,8-11,13H2,1H3. The van der Waals surface area contributed by atoms with E-state index in [1.807, 2.05) is 24.3 Å². The molecule has 1 aromatic heterocycles. The zero-order chi connectivity index (χ0) is 17.8. The van der Waals surface area contributed by atoms with Crippen LogP contribution in [0.4, 0.5) is 0 Å². The molecule has 0 unspecified atom stereocenters. The van der Waals surface area contributed by atoms with Crippen LogP contribution in [0.3, 0.4) is 0 Å². The summed E-state index contributed by atoms with van der Waals surface area (Å²) in [5, 5.41) is 1.48. The molecule has 0 aliphatic carbocycles. The average molecular weight is 342 g/mol. The molecule has 0 bridgehead atoms. The van der Waals surface area contributed by atoms with Gasteiger partial charge in [0.25, 0.3) is 5.56 Å². The molecule has 6 nitrogen and oxygen atoms in total. The number of nitrogens with zero attached hydrogens (tertiary/aromatic N) is 2. The van der Waals surface area contributed by atoms with Gasteiger partial charge < -0.3 is 14.2 Å². The SMILES string of the molecule is CCOC(=O)C1CCN(C(=O)Cn2ccc3ccccc3c2=O)CC1. The fourth-order valence-electron chi connectivity index (χ4n) is 3.22. The molecule has 0 radical (unpaired) electrons. The Morgan fingerprint density at radius 3 is 2.60 bits per heavy atom. The summed E-state index contributed by atoms with van der Waals surface area (Å²) in [7, 11) is 0. The molecular formula is C19H22N2O4. The number of likely N-dealkylation sites (tertiary alicyclic amines) is 1. The number of ether oxygens (including phenoxy) is 1. The summed E-state index contributed by atoms with van der Waals surface area (Å²) in [6, 6.07) is 9.19. The summed E-state index contributed by atoms with van der Waals surface area (Å²) in [4.78, 5) is 38.5. The van der Waals surface area contributed by atoms with Crippen LogP contribution in [0.2, 0.25) is 0 Å². The first-order chi connectivity index (χ1) is 12.1. The number of pyridine rings is 1. The van der Waals surface area contributed by atoms with Crippen LogP contribution in [-0.2, 0) is 20.9 Å². The van der Waals surface area contributed by atoms with Crippen molar-refractivity contribution >= 4 is 22.6 Å². The minimum Gasteiger partial charge on any atom is -0.466 e. The van der Waals surface area contributed by atoms with E-state index in [1.165, 1.54) is 4.57 Å². The van der Waals surface area contributed by atoms with Gasteiger partial charge in [0, 0.05) is 24.7 Å². The van der Waals surface area contributed by atoms with Gasteiger partial charge in [-0.25, -0.2) is 0 Å². The minimum absolute atomic E-state index is 0.0216. The van der Waals surface area contributed by atoms with E-state index in [2.05, 4.69) is 0 Å². The predicted molar refractivity (Wildman–Crippen MR) is 94.1 cm³/mol. The van der Waals surface area contributed by atoms with Crippen LogP contribution in [-0.4, -0.2) is 41.0 Å². The molecular weight excluding hydrogens is 320 g/mol. The molecule has 0 N–H and O–H groups in total. The lowest BCUT2D eigenvalue weighted by molar-refractivity contribution is -0.151. The van der Waals surface area contributed by atoms with E-state index in [9.17, 15) is 14.4 Å². The first-order valence-electron chi connectivity index (χ1n) is 8.62. The van der Waals surface area contributed by atoms with Gasteiger partial charge in [-0.15, -0.1) is 0 Å². The van der Waals surface area contributed by atoms with Gasteiger partial charge in [-0.1, -0.05) is 18.2 Å². The number of hydrogen-bond donors (Lipinski definition) is 0. The summed E-state index contributed by atoms with van der Waals surface area (Å²) >= 11 is 0. The van der Waals surface area contributed by atoms with Crippen LogP contribution in [0.15, 0.2) is 41.3 Å². The summed E-state index contributed by atoms with van der Waals surface area (Å²) < 4.78 is 6.49. The van der Waals surface area contributed by atoms with Crippen molar-refractivity contribution in [2.75, 3.05) is 19.7 Å². The van der Waals surface area contributed by atoms with Crippen molar-refractivity contribution in [3.63, 3.8) is 0 Å². The van der Waals surface area contributed by atoms with E-state index in [1.54, 1.807) is 24.1 Å². The van der Waals surface area contributed by atoms with Gasteiger partial charge in [0.1, 0.15) is 6.54 Å². The van der Waals surface area contributed by atoms with Gasteiger partial charge >= 0.3 is 5.97 Å². The molecule has 2 aromatic rings. The van der Waals surface area contributed by atoms with Crippen molar-refractivity contribution in [3.8, 4) is 0 Å². The Kier molecular flexibility index (Phi) is 5.16. The van der Waals surface area contributed by atoms with E-state index in [4.69, 9.17) is 4.74 Å². The number of hydrogen-bond acceptors (Lipinski definition) is 4. The molecule has 0 spiro atoms. The highest BCUT2D eigenvalue weighted by Crippen LogP contribution is 2.19. The van der Waals surface area contributed by atoms with Gasteiger partial charge in [0.05, 0.1) is 12.5 Å². The first-order valence-corrected chi connectivity index (χ1v) is 8.62. The Labute approximate surface area is 146 Å². The number of carbonyl (C=O) groups is 2. The second-order valence-corrected chi connectivity index (χ2v) is 6.24. The van der Waals surface area contributed by atoms with Crippen molar-refractivity contribution < 1.29 is 14.3 Å². The fourth-order valence-corrected chi connectivity index (χ4v) is 3.22. The molecule has 0 saturated carbocycles. The van der Waals surface area contributed by atoms with E-state index in [-0.39, 0.29) is 29.9 Å². The zero-order valence-electron chi connectivity index (χ0n) is 14.3. The first kappa shape index (κ1) is 17.2. The molecule has 25 heavy (non-hydrogen) atoms. The number of carbonyl (C=O) groups excluding carboxylic acids is 2. The Morgan fingerprint density at radius 1 is 1.16 bits per heavy atom. The van der Waals surface area contributed by atoms with Crippen LogP contribution in [0, 0.1) is 5.92 Å². The third kappa shape index (κ3) is 3.73. The normalized spacial score (nSPS) is 15.3. The Bertz CT molecular complexity index is 835. The lowest BCUT2D eigenvalue weighted by atomic mass is 9.97. The smallest absolute Gasteiger partial charge is 0.309 e. The molecule has 1 aromatic carbocycles. The van der Waals surface area contributed by atoms with Crippen molar-refractivity contribution in [1.29, 1.82) is 0 Å². The lowest BCUT2D eigenvalue weighted by Crippen LogP contribution is -2.43. The highest BCUT2D eigenvalue weighted by molar-refractivity contribution is 5.82. The number of piperidine rings is 1. The van der Waals surface area contributed by atoms with Gasteiger partial charge in [-0.3, -0.25) is 14.4 Å². The molecule has 132 valence electrons. The van der Waals surface area contributed by atoms with Gasteiger partial charge in [-0.2, -0.15) is 0 Å². The van der Waals surface area contributed by atoms with Crippen LogP contribution in [0.5, 0.6) is 0 Å². The van der Waals surface area contributed by atoms with Crippen LogP contribution in [0.25, 0.3) is 10.8 Å². The van der Waals surface area contributed by atoms with Gasteiger partial charge in [0.15, 0.2) is 0 Å². The molecule has 1 amide bonds. The minimum atomic E-state index is -0.180. The maximum Gasteiger partial charge on any atom is 0.309 e. The second-order valence-electron chi connectivity index (χ2n) is 6.24. The maximum absolute atomic E-state index is 12.5. The van der Waals surface area contributed by atoms with Crippen LogP contribution < -0.4 is 5.56 Å². The quantitative estimate of drug-likeness (QED) is 0.795. The number of aromatic nitrogens is 1. The van der Waals surface area contributed by atoms with E-state index in [0.717, 1.165) is 5.39 Å². The predicted octanol–water partition coefficient (Wildman–Crippen LogP) is 1.80. The maximum atomic E-state index is 12.5. The Hall–Kier alpha value is -2.63. The third-order valence-corrected chi connectivity index (χ3v) is 4.66. The summed E-state index contributed by atoms with van der Waals surface area (Å²) in [6.45, 7) is 3.23. The van der Waals surface area contributed by atoms with Gasteiger partial charge in [0.2, 0.25) is 5.91 Å². The molecule has 3 rings (SSSR count). The van der Waals surface area contributed by atoms with E-state index >= 15 is 0 Å². The van der Waals surface area contributed by atoms with E-state index in [0.29, 0.717) is 37.9 Å². The van der Waals surface area contributed by atoms with Crippen molar-refractivity contribution in [2.24, 2.45) is 5.92 Å². The lowest BCUT2D eigenvalue weighted by Gasteiger charge is -2.31. The summed E-state index contributed by atoms with van der Waals surface area (Å²) in [5.74, 6) is -0.410. The Morgan fingerprint density at radius 2 is 1.88 bits per heavy atom. The number of rotatable bonds is 4. The van der Waals surface area contributed by atoms with Gasteiger partial charge in [-0.05, 0) is 37.3 Å². The number of fused-ring (bicyclic) bond motifs is 1. The number of amides is 1. The highest BCUT2D eigenvalue weighted by Gasteiger charge is 2.28. The van der Waals surface area contributed by atoms with E-state index < -0.39 is 0 Å². The molecule has 2 heterocycles. The molecule has 1 fully saturated rings. The topological polar surface area (TPSA) is 68.6 Å². The molecule has 0 atom stereocenters. The van der Waals surface area contributed by atoms with Crippen molar-refractivity contribution in [2.45, 2.75) is 26.3 Å². The largest absolute Gasteiger partial charge is 0.466 e. The monoisotopic (exact) mass is 342 g/mol. The number of esters is 1. The third-order valence-electron chi connectivity index (χ3n) is 4.66. The molecule has 1 saturated heterocycles. The molecule has 6 heteroatoms. The highest BCUT2D eigenvalue weighted by atomic mass is 16.5. The fraction of sp³-hybridized carbons (Fsp3) is 0.421. The summed E-state index contributed by atoms with van der Waals surface area (Å²) in [6.07, 6.45) is 2.88. The number of benzene rings is 1. The molecule has 1 aliphatic heterocycles. The zero-order valence-corrected chi connectivity index (χ0v) is 14.3. The average Bonchev–Trinajstić information content (AvgIpc) is 2.64. The Balaban J connectivity index is 1.65. The second kappa shape index (κ2) is 7.51. The van der Waals surface area contributed by atoms with Crippen LogP contribution >= 0.6 is 0 Å². The molecule has 1 aliphatic rings. The van der Waals surface area contributed by atoms with Crippen molar-refractivity contribution in [1.82, 2.24) is 9.47 Å².